The fourth-order valence-electron chi connectivity index (χ4n) is 1.83. The van der Waals surface area contributed by atoms with Crippen molar-refractivity contribution in [2.24, 2.45) is 5.41 Å². The van der Waals surface area contributed by atoms with Gasteiger partial charge in [-0.15, -0.1) is 0 Å². The van der Waals surface area contributed by atoms with Gasteiger partial charge in [-0.25, -0.2) is 4.79 Å². The summed E-state index contributed by atoms with van der Waals surface area (Å²) in [6, 6.07) is -0.325. The first-order valence-corrected chi connectivity index (χ1v) is 7.85. The van der Waals surface area contributed by atoms with Crippen molar-refractivity contribution in [3.63, 3.8) is 0 Å². The summed E-state index contributed by atoms with van der Waals surface area (Å²) in [5.41, 5.74) is 0.0719. The van der Waals surface area contributed by atoms with Gasteiger partial charge in [0.15, 0.2) is 0 Å². The van der Waals surface area contributed by atoms with Crippen LogP contribution in [0.4, 0.5) is 4.79 Å². The lowest BCUT2D eigenvalue weighted by atomic mass is 9.90. The van der Waals surface area contributed by atoms with Crippen molar-refractivity contribution in [2.75, 3.05) is 24.6 Å². The molecular weight excluding hydrogens is 264 g/mol. The minimum absolute atomic E-state index is 0.0254. The largest absolute Gasteiger partial charge is 0.481 e. The maximum Gasteiger partial charge on any atom is 0.317 e. The predicted octanol–water partition coefficient (Wildman–Crippen LogP) is 2.02. The zero-order valence-electron chi connectivity index (χ0n) is 11.9. The van der Waals surface area contributed by atoms with E-state index >= 15 is 0 Å². The lowest BCUT2D eigenvalue weighted by Gasteiger charge is -2.35. The standard InChI is InChI=1S/C13H24N2O3S/c1-4-13(2,3)9-14-12(18)15-5-6-19-8-10(15)7-11(16)17/h10H,4-9H2,1-3H3,(H,14,18)(H,16,17). The lowest BCUT2D eigenvalue weighted by molar-refractivity contribution is -0.138. The molecule has 2 N–H and O–H groups in total. The summed E-state index contributed by atoms with van der Waals surface area (Å²) in [7, 11) is 0. The molecule has 1 aliphatic heterocycles. The molecule has 0 aromatic rings. The number of nitrogens with one attached hydrogen (secondary N) is 1. The Bertz CT molecular complexity index is 334. The van der Waals surface area contributed by atoms with Gasteiger partial charge in [-0.1, -0.05) is 20.8 Å². The summed E-state index contributed by atoms with van der Waals surface area (Å²) in [5.74, 6) is 0.733. The number of carbonyl (C=O) groups is 2. The second-order valence-corrected chi connectivity index (χ2v) is 6.85. The molecule has 110 valence electrons. The fraction of sp³-hybridized carbons (Fsp3) is 0.846. The van der Waals surface area contributed by atoms with Crippen molar-refractivity contribution in [3.05, 3.63) is 0 Å². The Morgan fingerprint density at radius 3 is 2.74 bits per heavy atom. The van der Waals surface area contributed by atoms with Crippen molar-refractivity contribution in [1.29, 1.82) is 0 Å². The molecule has 1 atom stereocenters. The van der Waals surface area contributed by atoms with Gasteiger partial charge in [0.05, 0.1) is 12.5 Å². The molecule has 0 saturated carbocycles. The van der Waals surface area contributed by atoms with Crippen molar-refractivity contribution in [3.8, 4) is 0 Å². The summed E-state index contributed by atoms with van der Waals surface area (Å²) < 4.78 is 0. The molecule has 0 spiro atoms. The SMILES string of the molecule is CCC(C)(C)CNC(=O)N1CCSCC1CC(=O)O. The second-order valence-electron chi connectivity index (χ2n) is 5.70. The molecule has 19 heavy (non-hydrogen) atoms. The molecule has 1 unspecified atom stereocenters. The highest BCUT2D eigenvalue weighted by Crippen LogP contribution is 2.21. The number of aliphatic carboxylic acids is 1. The molecule has 5 nitrogen and oxygen atoms in total. The van der Waals surface area contributed by atoms with Crippen LogP contribution in [-0.4, -0.2) is 52.6 Å². The first-order valence-electron chi connectivity index (χ1n) is 6.70. The number of rotatable bonds is 5. The number of carboxylic acid groups (broad SMARTS) is 1. The van der Waals surface area contributed by atoms with E-state index in [2.05, 4.69) is 26.1 Å². The van der Waals surface area contributed by atoms with Gasteiger partial charge < -0.3 is 15.3 Å². The van der Waals surface area contributed by atoms with Crippen LogP contribution in [0.15, 0.2) is 0 Å². The minimum Gasteiger partial charge on any atom is -0.481 e. The van der Waals surface area contributed by atoms with E-state index in [0.717, 1.165) is 12.2 Å². The highest BCUT2D eigenvalue weighted by atomic mass is 32.2. The van der Waals surface area contributed by atoms with Gasteiger partial charge in [0.25, 0.3) is 0 Å². The maximum atomic E-state index is 12.2. The molecule has 1 heterocycles. The van der Waals surface area contributed by atoms with Crippen LogP contribution >= 0.6 is 11.8 Å². The first kappa shape index (κ1) is 16.1. The van der Waals surface area contributed by atoms with Crippen LogP contribution in [-0.2, 0) is 4.79 Å². The third kappa shape index (κ3) is 5.30. The summed E-state index contributed by atoms with van der Waals surface area (Å²) in [4.78, 5) is 24.7. The maximum absolute atomic E-state index is 12.2. The van der Waals surface area contributed by atoms with Crippen molar-refractivity contribution in [1.82, 2.24) is 10.2 Å². The van der Waals surface area contributed by atoms with Gasteiger partial charge in [0.1, 0.15) is 0 Å². The smallest absolute Gasteiger partial charge is 0.317 e. The normalized spacial score (nSPS) is 20.2. The minimum atomic E-state index is -0.848. The van der Waals surface area contributed by atoms with Crippen molar-refractivity contribution < 1.29 is 14.7 Å². The number of urea groups is 1. The van der Waals surface area contributed by atoms with Crippen molar-refractivity contribution in [2.45, 2.75) is 39.7 Å². The number of hydrogen-bond acceptors (Lipinski definition) is 3. The molecule has 0 aliphatic carbocycles. The van der Waals surface area contributed by atoms with Crippen LogP contribution in [0.2, 0.25) is 0 Å². The Morgan fingerprint density at radius 1 is 1.47 bits per heavy atom. The molecule has 0 bridgehead atoms. The van der Waals surface area contributed by atoms with E-state index in [-0.39, 0.29) is 23.9 Å². The zero-order valence-corrected chi connectivity index (χ0v) is 12.8. The second kappa shape index (κ2) is 7.03. The Balaban J connectivity index is 2.54. The fourth-order valence-corrected chi connectivity index (χ4v) is 2.90. The number of carbonyl (C=O) groups excluding carboxylic acids is 1. The monoisotopic (exact) mass is 288 g/mol. The van der Waals surface area contributed by atoms with E-state index in [1.54, 1.807) is 16.7 Å². The molecule has 1 aliphatic rings. The highest BCUT2D eigenvalue weighted by Gasteiger charge is 2.29. The molecule has 0 aromatic carbocycles. The molecule has 0 radical (unpaired) electrons. The van der Waals surface area contributed by atoms with E-state index in [1.807, 2.05) is 0 Å². The highest BCUT2D eigenvalue weighted by molar-refractivity contribution is 7.99. The first-order chi connectivity index (χ1) is 8.85. The number of thioether (sulfide) groups is 1. The van der Waals surface area contributed by atoms with E-state index in [1.165, 1.54) is 0 Å². The molecule has 1 rings (SSSR count). The third-order valence-corrected chi connectivity index (χ3v) is 4.67. The molecule has 2 amide bonds. The number of nitrogens with zero attached hydrogens (tertiary/aromatic N) is 1. The van der Waals surface area contributed by atoms with Crippen LogP contribution in [0.5, 0.6) is 0 Å². The third-order valence-electron chi connectivity index (χ3n) is 3.57. The Kier molecular flexibility index (Phi) is 5.97. The predicted molar refractivity (Wildman–Crippen MR) is 77.5 cm³/mol. The Morgan fingerprint density at radius 2 is 2.16 bits per heavy atom. The van der Waals surface area contributed by atoms with Gasteiger partial charge in [-0.05, 0) is 11.8 Å². The number of carboxylic acids is 1. The van der Waals surface area contributed by atoms with Crippen molar-refractivity contribution >= 4 is 23.8 Å². The van der Waals surface area contributed by atoms with Crippen LogP contribution in [0.1, 0.15) is 33.6 Å². The van der Waals surface area contributed by atoms with E-state index in [4.69, 9.17) is 5.11 Å². The van der Waals surface area contributed by atoms with Crippen LogP contribution in [0.25, 0.3) is 0 Å². The summed E-state index contributed by atoms with van der Waals surface area (Å²) in [6.45, 7) is 7.55. The summed E-state index contributed by atoms with van der Waals surface area (Å²) >= 11 is 1.71. The van der Waals surface area contributed by atoms with E-state index in [9.17, 15) is 9.59 Å². The van der Waals surface area contributed by atoms with Crippen LogP contribution in [0.3, 0.4) is 0 Å². The van der Waals surface area contributed by atoms with Gasteiger partial charge >= 0.3 is 12.0 Å². The lowest BCUT2D eigenvalue weighted by Crippen LogP contribution is -2.52. The summed E-state index contributed by atoms with van der Waals surface area (Å²) in [6.07, 6.45) is 1.01. The average molecular weight is 288 g/mol. The quantitative estimate of drug-likeness (QED) is 0.812. The number of hydrogen-bond donors (Lipinski definition) is 2. The van der Waals surface area contributed by atoms with Gasteiger partial charge in [0, 0.05) is 24.6 Å². The molecule has 1 saturated heterocycles. The Labute approximate surface area is 119 Å². The average Bonchev–Trinajstić information content (AvgIpc) is 2.36. The van der Waals surface area contributed by atoms with Crippen LogP contribution in [0, 0.1) is 5.41 Å². The Hall–Kier alpha value is -0.910. The van der Waals surface area contributed by atoms with Gasteiger partial charge in [-0.3, -0.25) is 4.79 Å². The van der Waals surface area contributed by atoms with Crippen LogP contribution < -0.4 is 5.32 Å². The van der Waals surface area contributed by atoms with E-state index < -0.39 is 5.97 Å². The number of amides is 2. The van der Waals surface area contributed by atoms with E-state index in [0.29, 0.717) is 18.8 Å². The topological polar surface area (TPSA) is 69.6 Å². The molecule has 1 fully saturated rings. The zero-order chi connectivity index (χ0) is 14.5. The molecule has 0 aromatic heterocycles. The van der Waals surface area contributed by atoms with Gasteiger partial charge in [-0.2, -0.15) is 11.8 Å². The molecular formula is C13H24N2O3S. The van der Waals surface area contributed by atoms with Gasteiger partial charge in [0.2, 0.25) is 0 Å². The summed E-state index contributed by atoms with van der Waals surface area (Å²) in [5, 5.41) is 11.8. The molecule has 6 heteroatoms.